The van der Waals surface area contributed by atoms with E-state index in [0.29, 0.717) is 13.1 Å². The smallest absolute Gasteiger partial charge is 0.254 e. The van der Waals surface area contributed by atoms with Crippen LogP contribution in [0.3, 0.4) is 0 Å². The minimum absolute atomic E-state index is 0.0173. The largest absolute Gasteiger partial charge is 0.339 e. The highest BCUT2D eigenvalue weighted by Gasteiger charge is 2.26. The Balaban J connectivity index is 2.20. The summed E-state index contributed by atoms with van der Waals surface area (Å²) < 4.78 is 27.4. The van der Waals surface area contributed by atoms with Crippen molar-refractivity contribution >= 4 is 11.6 Å². The molecule has 1 aliphatic rings. The first-order valence-corrected chi connectivity index (χ1v) is 7.09. The predicted molar refractivity (Wildman–Crippen MR) is 77.7 cm³/mol. The molecule has 0 atom stereocenters. The molecule has 0 saturated carbocycles. The molecule has 1 aliphatic heterocycles. The number of halogens is 2. The Morgan fingerprint density at radius 1 is 1.24 bits per heavy atom. The van der Waals surface area contributed by atoms with Crippen LogP contribution in [0.1, 0.15) is 43.5 Å². The highest BCUT2D eigenvalue weighted by molar-refractivity contribution is 5.94. The molecule has 1 aromatic rings. The van der Waals surface area contributed by atoms with Crippen molar-refractivity contribution in [3.8, 4) is 0 Å². The number of rotatable bonds is 2. The molecular formula is C15H21F2N3O. The van der Waals surface area contributed by atoms with Gasteiger partial charge in [0.05, 0.1) is 0 Å². The van der Waals surface area contributed by atoms with Crippen LogP contribution in [0.15, 0.2) is 12.1 Å². The van der Waals surface area contributed by atoms with Gasteiger partial charge in [0.2, 0.25) is 0 Å². The number of hydrogen-bond acceptors (Lipinski definition) is 3. The van der Waals surface area contributed by atoms with Crippen molar-refractivity contribution in [3.63, 3.8) is 0 Å². The van der Waals surface area contributed by atoms with Gasteiger partial charge in [-0.25, -0.2) is 8.78 Å². The maximum atomic E-state index is 13.7. The van der Waals surface area contributed by atoms with E-state index in [-0.39, 0.29) is 16.9 Å². The fraction of sp³-hybridized carbons (Fsp3) is 0.533. The first-order valence-electron chi connectivity index (χ1n) is 7.09. The standard InChI is InChI=1S/C15H21F2N3O/c1-15(2)4-3-6-20(7-5-15)14(21)10-8-11(16)13(19-18)12(17)9-10/h8-9,19H,3-7,18H2,1-2H3. The summed E-state index contributed by atoms with van der Waals surface area (Å²) in [4.78, 5) is 14.1. The Labute approximate surface area is 123 Å². The van der Waals surface area contributed by atoms with E-state index in [1.165, 1.54) is 0 Å². The summed E-state index contributed by atoms with van der Waals surface area (Å²) in [6, 6.07) is 2.05. The molecule has 0 spiro atoms. The van der Waals surface area contributed by atoms with Gasteiger partial charge in [-0.2, -0.15) is 0 Å². The molecule has 1 fully saturated rings. The number of amides is 1. The van der Waals surface area contributed by atoms with Crippen molar-refractivity contribution in [1.82, 2.24) is 4.90 Å². The molecule has 0 radical (unpaired) electrons. The molecule has 3 N–H and O–H groups in total. The summed E-state index contributed by atoms with van der Waals surface area (Å²) in [6.45, 7) is 5.55. The van der Waals surface area contributed by atoms with Gasteiger partial charge in [0, 0.05) is 18.7 Å². The second-order valence-electron chi connectivity index (χ2n) is 6.27. The topological polar surface area (TPSA) is 58.4 Å². The first-order chi connectivity index (χ1) is 9.84. The van der Waals surface area contributed by atoms with Gasteiger partial charge in [-0.1, -0.05) is 13.8 Å². The zero-order valence-corrected chi connectivity index (χ0v) is 12.4. The van der Waals surface area contributed by atoms with Crippen LogP contribution in [0.4, 0.5) is 14.5 Å². The van der Waals surface area contributed by atoms with Gasteiger partial charge in [0.15, 0.2) is 11.6 Å². The highest BCUT2D eigenvalue weighted by Crippen LogP contribution is 2.30. The average Bonchev–Trinajstić information content (AvgIpc) is 2.58. The Morgan fingerprint density at radius 3 is 2.43 bits per heavy atom. The number of likely N-dealkylation sites (tertiary alicyclic amines) is 1. The average molecular weight is 297 g/mol. The van der Waals surface area contributed by atoms with Gasteiger partial charge >= 0.3 is 0 Å². The molecule has 1 aromatic carbocycles. The van der Waals surface area contributed by atoms with Crippen LogP contribution in [0.25, 0.3) is 0 Å². The lowest BCUT2D eigenvalue weighted by atomic mass is 9.85. The number of nitrogens with two attached hydrogens (primary N) is 1. The molecule has 2 rings (SSSR count). The quantitative estimate of drug-likeness (QED) is 0.652. The third-order valence-corrected chi connectivity index (χ3v) is 4.06. The van der Waals surface area contributed by atoms with Crippen LogP contribution in [-0.4, -0.2) is 23.9 Å². The Bertz CT molecular complexity index is 523. The summed E-state index contributed by atoms with van der Waals surface area (Å²) >= 11 is 0. The van der Waals surface area contributed by atoms with Crippen molar-refractivity contribution in [2.75, 3.05) is 18.5 Å². The number of nitrogens with one attached hydrogen (secondary N) is 1. The van der Waals surface area contributed by atoms with E-state index in [2.05, 4.69) is 13.8 Å². The maximum absolute atomic E-state index is 13.7. The van der Waals surface area contributed by atoms with Gasteiger partial charge in [-0.15, -0.1) is 0 Å². The molecule has 21 heavy (non-hydrogen) atoms. The molecule has 0 bridgehead atoms. The van der Waals surface area contributed by atoms with Crippen molar-refractivity contribution in [1.29, 1.82) is 0 Å². The van der Waals surface area contributed by atoms with Crippen LogP contribution in [0.5, 0.6) is 0 Å². The molecule has 1 amide bonds. The predicted octanol–water partition coefficient (Wildman–Crippen LogP) is 2.90. The van der Waals surface area contributed by atoms with Crippen molar-refractivity contribution in [3.05, 3.63) is 29.3 Å². The SMILES string of the molecule is CC1(C)CCCN(C(=O)c2cc(F)c(NN)c(F)c2)CC1. The fourth-order valence-corrected chi connectivity index (χ4v) is 2.64. The number of hydrogen-bond donors (Lipinski definition) is 2. The summed E-state index contributed by atoms with van der Waals surface area (Å²) in [5, 5.41) is 0. The second-order valence-corrected chi connectivity index (χ2v) is 6.27. The second kappa shape index (κ2) is 5.97. The molecule has 1 heterocycles. The number of carbonyl (C=O) groups excluding carboxylic acids is 1. The van der Waals surface area contributed by atoms with Crippen molar-refractivity contribution in [2.24, 2.45) is 11.3 Å². The van der Waals surface area contributed by atoms with Gasteiger partial charge in [-0.05, 0) is 36.8 Å². The van der Waals surface area contributed by atoms with Crippen LogP contribution >= 0.6 is 0 Å². The monoisotopic (exact) mass is 297 g/mol. The summed E-state index contributed by atoms with van der Waals surface area (Å²) in [6.07, 6.45) is 2.81. The molecule has 0 unspecified atom stereocenters. The number of carbonyl (C=O) groups is 1. The van der Waals surface area contributed by atoms with E-state index < -0.39 is 17.3 Å². The Morgan fingerprint density at radius 2 is 1.86 bits per heavy atom. The molecule has 1 saturated heterocycles. The van der Waals surface area contributed by atoms with E-state index >= 15 is 0 Å². The van der Waals surface area contributed by atoms with Crippen LogP contribution in [0.2, 0.25) is 0 Å². The fourth-order valence-electron chi connectivity index (χ4n) is 2.64. The number of hydrazine groups is 1. The number of nitrogens with zero attached hydrogens (tertiary/aromatic N) is 1. The molecule has 0 aliphatic carbocycles. The Kier molecular flexibility index (Phi) is 4.46. The van der Waals surface area contributed by atoms with Gasteiger partial charge in [0.25, 0.3) is 5.91 Å². The molecule has 0 aromatic heterocycles. The first kappa shape index (κ1) is 15.7. The summed E-state index contributed by atoms with van der Waals surface area (Å²) in [5.41, 5.74) is 1.74. The third-order valence-electron chi connectivity index (χ3n) is 4.06. The molecule has 116 valence electrons. The number of nitrogen functional groups attached to an aromatic ring is 1. The zero-order chi connectivity index (χ0) is 15.6. The Hall–Kier alpha value is -1.69. The van der Waals surface area contributed by atoms with Crippen LogP contribution in [-0.2, 0) is 0 Å². The van der Waals surface area contributed by atoms with Crippen molar-refractivity contribution in [2.45, 2.75) is 33.1 Å². The van der Waals surface area contributed by atoms with E-state index in [1.54, 1.807) is 4.90 Å². The highest BCUT2D eigenvalue weighted by atomic mass is 19.1. The van der Waals surface area contributed by atoms with Gasteiger partial charge in [0.1, 0.15) is 5.69 Å². The lowest BCUT2D eigenvalue weighted by Gasteiger charge is -2.23. The van der Waals surface area contributed by atoms with E-state index in [9.17, 15) is 13.6 Å². The van der Waals surface area contributed by atoms with E-state index in [0.717, 1.165) is 31.4 Å². The van der Waals surface area contributed by atoms with Crippen LogP contribution < -0.4 is 11.3 Å². The van der Waals surface area contributed by atoms with Crippen molar-refractivity contribution < 1.29 is 13.6 Å². The minimum Gasteiger partial charge on any atom is -0.339 e. The number of benzene rings is 1. The van der Waals surface area contributed by atoms with Crippen LogP contribution in [0, 0.1) is 17.0 Å². The number of anilines is 1. The summed E-state index contributed by atoms with van der Waals surface area (Å²) in [7, 11) is 0. The molecule has 4 nitrogen and oxygen atoms in total. The maximum Gasteiger partial charge on any atom is 0.254 e. The summed E-state index contributed by atoms with van der Waals surface area (Å²) in [5.74, 6) is 2.98. The van der Waals surface area contributed by atoms with Gasteiger partial charge < -0.3 is 10.3 Å². The zero-order valence-electron chi connectivity index (χ0n) is 12.4. The lowest BCUT2D eigenvalue weighted by molar-refractivity contribution is 0.0756. The van der Waals surface area contributed by atoms with E-state index in [1.807, 2.05) is 5.43 Å². The lowest BCUT2D eigenvalue weighted by Crippen LogP contribution is -2.32. The normalized spacial score (nSPS) is 18.2. The molecular weight excluding hydrogens is 276 g/mol. The van der Waals surface area contributed by atoms with Gasteiger partial charge in [-0.3, -0.25) is 10.6 Å². The van der Waals surface area contributed by atoms with E-state index in [4.69, 9.17) is 5.84 Å². The third kappa shape index (κ3) is 3.50. The minimum atomic E-state index is -0.865. The molecule has 6 heteroatoms.